The van der Waals surface area contributed by atoms with Gasteiger partial charge in [-0.15, -0.1) is 0 Å². The highest BCUT2D eigenvalue weighted by atomic mass is 19.1. The number of aromatic nitrogens is 5. The number of anilines is 3. The summed E-state index contributed by atoms with van der Waals surface area (Å²) in [5.41, 5.74) is 2.09. The molecule has 0 radical (unpaired) electrons. The molecule has 0 fully saturated rings. The summed E-state index contributed by atoms with van der Waals surface area (Å²) in [4.78, 5) is 44.8. The molecule has 218 valence electrons. The molecule has 42 heavy (non-hydrogen) atoms. The number of hydrogen-bond donors (Lipinski definition) is 5. The highest BCUT2D eigenvalue weighted by molar-refractivity contribution is 6.02. The van der Waals surface area contributed by atoms with Crippen LogP contribution in [0.3, 0.4) is 0 Å². The van der Waals surface area contributed by atoms with Gasteiger partial charge in [-0.25, -0.2) is 19.2 Å². The van der Waals surface area contributed by atoms with E-state index < -0.39 is 11.8 Å². The van der Waals surface area contributed by atoms with Crippen molar-refractivity contribution >= 4 is 29.4 Å². The van der Waals surface area contributed by atoms with E-state index >= 15 is 0 Å². The van der Waals surface area contributed by atoms with E-state index in [0.717, 1.165) is 0 Å². The number of amides is 2. The Morgan fingerprint density at radius 2 is 1.86 bits per heavy atom. The Morgan fingerprint density at radius 3 is 2.52 bits per heavy atom. The van der Waals surface area contributed by atoms with Crippen LogP contribution < -0.4 is 26.4 Å². The van der Waals surface area contributed by atoms with Crippen LogP contribution in [0.5, 0.6) is 0 Å². The standard InChI is InChI=1S/C29H33FN10O2/c1-15(2)40-24-17(11-33-27(40)31-6)9-19(25(41)39-24)16-7-8-20(30)21(10-16)36-28(42)37-22-14-32-26(29(3,4)5)38-23(22)18-12-34-35-13-18/h7-15,27,31H,1-6H3,(H,34,35)(H,39,41)(H2,36,37,42). The first-order valence-electron chi connectivity index (χ1n) is 13.5. The predicted molar refractivity (Wildman–Crippen MR) is 161 cm³/mol. The van der Waals surface area contributed by atoms with Crippen molar-refractivity contribution in [2.24, 2.45) is 4.99 Å². The zero-order valence-corrected chi connectivity index (χ0v) is 24.2. The SMILES string of the molecule is CNC1N=Cc2cc(-c3ccc(F)c(NC(=O)Nc4cnc(C(C)(C)C)nc4-c4cn[nH]c4)c3)c(=O)[nH]c2N1C(C)C. The van der Waals surface area contributed by atoms with Gasteiger partial charge in [0.15, 0.2) is 6.29 Å². The number of fused-ring (bicyclic) bond motifs is 1. The monoisotopic (exact) mass is 572 g/mol. The minimum atomic E-state index is -0.708. The molecule has 4 aromatic rings. The Kier molecular flexibility index (Phi) is 7.61. The lowest BCUT2D eigenvalue weighted by molar-refractivity contribution is 0.262. The van der Waals surface area contributed by atoms with Crippen molar-refractivity contribution in [1.29, 1.82) is 0 Å². The first-order chi connectivity index (χ1) is 20.0. The van der Waals surface area contributed by atoms with E-state index in [-0.39, 0.29) is 29.0 Å². The number of pyridine rings is 1. The summed E-state index contributed by atoms with van der Waals surface area (Å²) in [7, 11) is 1.80. The van der Waals surface area contributed by atoms with Crippen LogP contribution in [-0.2, 0) is 5.41 Å². The predicted octanol–water partition coefficient (Wildman–Crippen LogP) is 4.45. The van der Waals surface area contributed by atoms with Gasteiger partial charge in [0, 0.05) is 40.6 Å². The number of urea groups is 1. The molecule has 5 N–H and O–H groups in total. The molecule has 5 rings (SSSR count). The van der Waals surface area contributed by atoms with Crippen molar-refractivity contribution in [3.05, 3.63) is 70.4 Å². The number of rotatable bonds is 6. The van der Waals surface area contributed by atoms with Gasteiger partial charge < -0.3 is 20.5 Å². The van der Waals surface area contributed by atoms with Crippen LogP contribution in [0.2, 0.25) is 0 Å². The number of aromatic amines is 2. The molecular formula is C29H33FN10O2. The van der Waals surface area contributed by atoms with Gasteiger partial charge in [0.25, 0.3) is 5.56 Å². The summed E-state index contributed by atoms with van der Waals surface area (Å²) in [5, 5.41) is 15.1. The molecule has 0 bridgehead atoms. The second-order valence-corrected chi connectivity index (χ2v) is 11.2. The number of carbonyl (C=O) groups is 1. The summed E-state index contributed by atoms with van der Waals surface area (Å²) < 4.78 is 14.9. The highest BCUT2D eigenvalue weighted by Crippen LogP contribution is 2.30. The molecule has 1 unspecified atom stereocenters. The van der Waals surface area contributed by atoms with E-state index in [1.807, 2.05) is 39.5 Å². The Morgan fingerprint density at radius 1 is 1.10 bits per heavy atom. The number of carbonyl (C=O) groups excluding carboxylic acids is 1. The second kappa shape index (κ2) is 11.2. The van der Waals surface area contributed by atoms with Gasteiger partial charge in [0.1, 0.15) is 23.2 Å². The Labute approximate surface area is 241 Å². The number of aliphatic imine (C=N–C) groups is 1. The smallest absolute Gasteiger partial charge is 0.321 e. The van der Waals surface area contributed by atoms with Crippen LogP contribution in [0.4, 0.5) is 26.4 Å². The number of halogens is 1. The van der Waals surface area contributed by atoms with Crippen molar-refractivity contribution in [3.63, 3.8) is 0 Å². The topological polar surface area (TPSA) is 156 Å². The first-order valence-corrected chi connectivity index (χ1v) is 13.5. The number of benzene rings is 1. The normalized spacial score (nSPS) is 14.7. The molecule has 3 aromatic heterocycles. The lowest BCUT2D eigenvalue weighted by Crippen LogP contribution is -2.49. The summed E-state index contributed by atoms with van der Waals surface area (Å²) in [6.45, 7) is 9.96. The molecule has 0 saturated carbocycles. The third kappa shape index (κ3) is 5.63. The largest absolute Gasteiger partial charge is 0.323 e. The Hall–Kier alpha value is -4.91. The van der Waals surface area contributed by atoms with Gasteiger partial charge in [0.05, 0.1) is 23.8 Å². The number of nitrogens with one attached hydrogen (secondary N) is 5. The van der Waals surface area contributed by atoms with E-state index in [0.29, 0.717) is 45.3 Å². The van der Waals surface area contributed by atoms with E-state index in [2.05, 4.69) is 46.1 Å². The highest BCUT2D eigenvalue weighted by Gasteiger charge is 2.27. The molecule has 4 heterocycles. The molecular weight excluding hydrogens is 539 g/mol. The van der Waals surface area contributed by atoms with Crippen molar-refractivity contribution in [1.82, 2.24) is 30.5 Å². The lowest BCUT2D eigenvalue weighted by atomic mass is 9.95. The zero-order valence-electron chi connectivity index (χ0n) is 24.2. The molecule has 12 nitrogen and oxygen atoms in total. The number of nitrogens with zero attached hydrogens (tertiary/aromatic N) is 5. The maximum Gasteiger partial charge on any atom is 0.323 e. The molecule has 13 heteroatoms. The average Bonchev–Trinajstić information content (AvgIpc) is 3.47. The van der Waals surface area contributed by atoms with Crippen LogP contribution in [0, 0.1) is 5.82 Å². The third-order valence-electron chi connectivity index (χ3n) is 6.75. The van der Waals surface area contributed by atoms with Crippen molar-refractivity contribution in [2.45, 2.75) is 52.4 Å². The maximum absolute atomic E-state index is 14.9. The molecule has 1 aromatic carbocycles. The Balaban J connectivity index is 1.43. The van der Waals surface area contributed by atoms with E-state index in [9.17, 15) is 14.0 Å². The summed E-state index contributed by atoms with van der Waals surface area (Å²) in [5.74, 6) is 0.560. The van der Waals surface area contributed by atoms with Gasteiger partial charge in [-0.3, -0.25) is 20.2 Å². The van der Waals surface area contributed by atoms with Crippen molar-refractivity contribution in [2.75, 3.05) is 22.6 Å². The fourth-order valence-electron chi connectivity index (χ4n) is 4.66. The van der Waals surface area contributed by atoms with Crippen molar-refractivity contribution < 1.29 is 9.18 Å². The van der Waals surface area contributed by atoms with Gasteiger partial charge in [-0.2, -0.15) is 5.10 Å². The fourth-order valence-corrected chi connectivity index (χ4v) is 4.66. The van der Waals surface area contributed by atoms with Gasteiger partial charge in [-0.1, -0.05) is 26.8 Å². The second-order valence-electron chi connectivity index (χ2n) is 11.2. The minimum Gasteiger partial charge on any atom is -0.321 e. The first kappa shape index (κ1) is 28.6. The number of hydrogen-bond acceptors (Lipinski definition) is 8. The Bertz CT molecular complexity index is 1710. The molecule has 0 spiro atoms. The molecule has 1 aliphatic rings. The minimum absolute atomic E-state index is 0.0596. The third-order valence-corrected chi connectivity index (χ3v) is 6.75. The van der Waals surface area contributed by atoms with E-state index in [1.165, 1.54) is 24.4 Å². The summed E-state index contributed by atoms with van der Waals surface area (Å²) >= 11 is 0. The van der Waals surface area contributed by atoms with Crippen LogP contribution in [-0.4, -0.2) is 56.8 Å². The fraction of sp³-hybridized carbons (Fsp3) is 0.310. The molecule has 0 saturated heterocycles. The van der Waals surface area contributed by atoms with Crippen LogP contribution in [0.15, 0.2) is 52.6 Å². The van der Waals surface area contributed by atoms with Gasteiger partial charge in [0.2, 0.25) is 0 Å². The van der Waals surface area contributed by atoms with Crippen molar-refractivity contribution in [3.8, 4) is 22.4 Å². The summed E-state index contributed by atoms with van der Waals surface area (Å²) in [6.07, 6.45) is 6.12. The van der Waals surface area contributed by atoms with Crippen LogP contribution >= 0.6 is 0 Å². The van der Waals surface area contributed by atoms with Crippen LogP contribution in [0.25, 0.3) is 22.4 Å². The van der Waals surface area contributed by atoms with E-state index in [1.54, 1.807) is 31.7 Å². The quantitative estimate of drug-likeness (QED) is 0.228. The molecule has 2 amide bonds. The number of H-pyrrole nitrogens is 2. The molecule has 0 aliphatic carbocycles. The summed E-state index contributed by atoms with van der Waals surface area (Å²) in [6, 6.07) is 5.17. The van der Waals surface area contributed by atoms with E-state index in [4.69, 9.17) is 0 Å². The lowest BCUT2D eigenvalue weighted by Gasteiger charge is -2.37. The molecule has 1 atom stereocenters. The van der Waals surface area contributed by atoms with Gasteiger partial charge in [-0.05, 0) is 44.7 Å². The molecule has 1 aliphatic heterocycles. The average molecular weight is 573 g/mol. The zero-order chi connectivity index (χ0) is 30.2. The van der Waals surface area contributed by atoms with Crippen LogP contribution in [0.1, 0.15) is 46.0 Å². The van der Waals surface area contributed by atoms with Gasteiger partial charge >= 0.3 is 6.03 Å². The maximum atomic E-state index is 14.9.